The lowest BCUT2D eigenvalue weighted by atomic mass is 10.1. The van der Waals surface area contributed by atoms with Crippen LogP contribution in [-0.4, -0.2) is 9.78 Å². The molecule has 2 aromatic carbocycles. The fourth-order valence-corrected chi connectivity index (χ4v) is 3.14. The van der Waals surface area contributed by atoms with Gasteiger partial charge < -0.3 is 0 Å². The topological polar surface area (TPSA) is 17.8 Å². The predicted octanol–water partition coefficient (Wildman–Crippen LogP) is 5.10. The average Bonchev–Trinajstić information content (AvgIpc) is 2.91. The van der Waals surface area contributed by atoms with E-state index in [1.54, 1.807) is 10.7 Å². The van der Waals surface area contributed by atoms with Crippen molar-refractivity contribution in [2.24, 2.45) is 0 Å². The Kier molecular flexibility index (Phi) is 4.40. The summed E-state index contributed by atoms with van der Waals surface area (Å²) in [5.74, 6) is -0.226. The van der Waals surface area contributed by atoms with Crippen LogP contribution in [0.3, 0.4) is 0 Å². The Bertz CT molecular complexity index is 785. The summed E-state index contributed by atoms with van der Waals surface area (Å²) in [6.45, 7) is 0.419. The van der Waals surface area contributed by atoms with E-state index in [0.717, 1.165) is 15.6 Å². The largest absolute Gasteiger partial charge is 0.268 e. The van der Waals surface area contributed by atoms with Crippen LogP contribution < -0.4 is 0 Å². The highest BCUT2D eigenvalue weighted by molar-refractivity contribution is 14.1. The van der Waals surface area contributed by atoms with Crippen LogP contribution in [0.4, 0.5) is 4.39 Å². The zero-order chi connectivity index (χ0) is 14.8. The first-order valence-electron chi connectivity index (χ1n) is 6.35. The Hall–Kier alpha value is -1.21. The predicted molar refractivity (Wildman–Crippen MR) is 93.6 cm³/mol. The smallest absolute Gasteiger partial charge is 0.129 e. The van der Waals surface area contributed by atoms with Crippen molar-refractivity contribution >= 4 is 38.5 Å². The normalized spacial score (nSPS) is 10.8. The zero-order valence-corrected chi connectivity index (χ0v) is 14.7. The van der Waals surface area contributed by atoms with Crippen molar-refractivity contribution in [2.45, 2.75) is 6.54 Å². The molecule has 3 rings (SSSR count). The average molecular weight is 457 g/mol. The lowest BCUT2D eigenvalue weighted by Crippen LogP contribution is -2.02. The number of aromatic nitrogens is 2. The molecule has 0 saturated carbocycles. The van der Waals surface area contributed by atoms with E-state index in [9.17, 15) is 4.39 Å². The second-order valence-electron chi connectivity index (χ2n) is 4.64. The molecule has 3 aromatic rings. The van der Waals surface area contributed by atoms with E-state index in [2.05, 4.69) is 55.8 Å². The summed E-state index contributed by atoms with van der Waals surface area (Å²) in [5, 5.41) is 4.33. The Balaban J connectivity index is 1.87. The van der Waals surface area contributed by atoms with Gasteiger partial charge >= 0.3 is 0 Å². The van der Waals surface area contributed by atoms with Crippen molar-refractivity contribution in [3.8, 4) is 11.1 Å². The van der Waals surface area contributed by atoms with E-state index in [-0.39, 0.29) is 5.82 Å². The molecule has 0 aliphatic heterocycles. The summed E-state index contributed by atoms with van der Waals surface area (Å²) in [4.78, 5) is 0. The number of benzene rings is 2. The molecule has 5 heteroatoms. The maximum absolute atomic E-state index is 13.9. The molecular weight excluding hydrogens is 446 g/mol. The minimum absolute atomic E-state index is 0.226. The number of hydrogen-bond donors (Lipinski definition) is 0. The molecule has 0 amide bonds. The molecule has 0 fully saturated rings. The van der Waals surface area contributed by atoms with E-state index < -0.39 is 0 Å². The summed E-state index contributed by atoms with van der Waals surface area (Å²) in [5.41, 5.74) is 2.80. The molecular formula is C16H11BrFIN2. The molecule has 0 aliphatic carbocycles. The first-order valence-corrected chi connectivity index (χ1v) is 8.22. The first-order chi connectivity index (χ1) is 10.1. The molecule has 0 bridgehead atoms. The monoisotopic (exact) mass is 456 g/mol. The Morgan fingerprint density at radius 1 is 1.19 bits per heavy atom. The first kappa shape index (κ1) is 14.7. The van der Waals surface area contributed by atoms with E-state index >= 15 is 0 Å². The zero-order valence-electron chi connectivity index (χ0n) is 10.9. The van der Waals surface area contributed by atoms with Crippen LogP contribution in [0.1, 0.15) is 5.56 Å². The van der Waals surface area contributed by atoms with Gasteiger partial charge in [0, 0.05) is 25.4 Å². The Morgan fingerprint density at radius 2 is 2.00 bits per heavy atom. The molecule has 0 unspecified atom stereocenters. The van der Waals surface area contributed by atoms with Gasteiger partial charge in [0.1, 0.15) is 5.82 Å². The summed E-state index contributed by atoms with van der Waals surface area (Å²) in [6, 6.07) is 13.2. The van der Waals surface area contributed by atoms with Gasteiger partial charge in [0.05, 0.1) is 12.7 Å². The van der Waals surface area contributed by atoms with Crippen LogP contribution in [0.15, 0.2) is 59.3 Å². The SMILES string of the molecule is Fc1cc(Br)ccc1Cn1cc(-c2ccccc2I)cn1. The minimum Gasteiger partial charge on any atom is -0.268 e. The van der Waals surface area contributed by atoms with Gasteiger partial charge in [-0.1, -0.05) is 40.2 Å². The fourth-order valence-electron chi connectivity index (χ4n) is 2.11. The third-order valence-electron chi connectivity index (χ3n) is 3.17. The van der Waals surface area contributed by atoms with Gasteiger partial charge in [-0.25, -0.2) is 4.39 Å². The van der Waals surface area contributed by atoms with Gasteiger partial charge in [-0.15, -0.1) is 0 Å². The summed E-state index contributed by atoms with van der Waals surface area (Å²) < 4.78 is 17.5. The molecule has 0 atom stereocenters. The molecule has 0 radical (unpaired) electrons. The van der Waals surface area contributed by atoms with Crippen molar-refractivity contribution in [1.82, 2.24) is 9.78 Å². The van der Waals surface area contributed by atoms with Gasteiger partial charge in [0.25, 0.3) is 0 Å². The third-order valence-corrected chi connectivity index (χ3v) is 4.60. The second-order valence-corrected chi connectivity index (χ2v) is 6.72. The highest BCUT2D eigenvalue weighted by Gasteiger charge is 2.08. The quantitative estimate of drug-likeness (QED) is 0.501. The van der Waals surface area contributed by atoms with Crippen LogP contribution in [-0.2, 0) is 6.54 Å². The van der Waals surface area contributed by atoms with Crippen molar-refractivity contribution < 1.29 is 4.39 Å². The number of hydrogen-bond acceptors (Lipinski definition) is 1. The van der Waals surface area contributed by atoms with E-state index in [0.29, 0.717) is 12.1 Å². The molecule has 0 saturated heterocycles. The molecule has 0 spiro atoms. The lowest BCUT2D eigenvalue weighted by Gasteiger charge is -2.04. The second kappa shape index (κ2) is 6.27. The van der Waals surface area contributed by atoms with Crippen molar-refractivity contribution in [3.05, 3.63) is 74.3 Å². The Morgan fingerprint density at radius 3 is 2.76 bits per heavy atom. The molecule has 2 nitrogen and oxygen atoms in total. The fraction of sp³-hybridized carbons (Fsp3) is 0.0625. The van der Waals surface area contributed by atoms with E-state index in [1.165, 1.54) is 9.64 Å². The van der Waals surface area contributed by atoms with Crippen molar-refractivity contribution in [1.29, 1.82) is 0 Å². The molecule has 0 aliphatic rings. The van der Waals surface area contributed by atoms with Crippen molar-refractivity contribution in [2.75, 3.05) is 0 Å². The van der Waals surface area contributed by atoms with E-state index in [4.69, 9.17) is 0 Å². The van der Waals surface area contributed by atoms with Crippen LogP contribution in [0.2, 0.25) is 0 Å². The summed E-state index contributed by atoms with van der Waals surface area (Å²) in [6.07, 6.45) is 3.76. The van der Waals surface area contributed by atoms with Crippen LogP contribution >= 0.6 is 38.5 Å². The molecule has 1 heterocycles. The van der Waals surface area contributed by atoms with Crippen LogP contribution in [0.25, 0.3) is 11.1 Å². The minimum atomic E-state index is -0.226. The third kappa shape index (κ3) is 3.35. The van der Waals surface area contributed by atoms with Gasteiger partial charge in [0.2, 0.25) is 0 Å². The van der Waals surface area contributed by atoms with Gasteiger partial charge in [-0.2, -0.15) is 5.10 Å². The van der Waals surface area contributed by atoms with Crippen LogP contribution in [0, 0.1) is 9.39 Å². The number of nitrogens with zero attached hydrogens (tertiary/aromatic N) is 2. The highest BCUT2D eigenvalue weighted by Crippen LogP contribution is 2.24. The van der Waals surface area contributed by atoms with Gasteiger partial charge in [0.15, 0.2) is 0 Å². The van der Waals surface area contributed by atoms with Gasteiger partial charge in [-0.3, -0.25) is 4.68 Å². The highest BCUT2D eigenvalue weighted by atomic mass is 127. The summed E-state index contributed by atoms with van der Waals surface area (Å²) >= 11 is 5.56. The molecule has 21 heavy (non-hydrogen) atoms. The van der Waals surface area contributed by atoms with Gasteiger partial charge in [-0.05, 0) is 46.4 Å². The number of rotatable bonds is 3. The van der Waals surface area contributed by atoms with E-state index in [1.807, 2.05) is 30.6 Å². The molecule has 1 aromatic heterocycles. The van der Waals surface area contributed by atoms with Crippen molar-refractivity contribution in [3.63, 3.8) is 0 Å². The molecule has 0 N–H and O–H groups in total. The summed E-state index contributed by atoms with van der Waals surface area (Å²) in [7, 11) is 0. The standard InChI is InChI=1S/C16H11BrFIN2/c17-13-6-5-11(15(18)7-13)9-21-10-12(8-20-21)14-3-1-2-4-16(14)19/h1-8,10H,9H2. The Labute approximate surface area is 144 Å². The lowest BCUT2D eigenvalue weighted by molar-refractivity contribution is 0.584. The van der Waals surface area contributed by atoms with Crippen LogP contribution in [0.5, 0.6) is 0 Å². The number of halogens is 3. The maximum Gasteiger partial charge on any atom is 0.129 e. The molecule has 106 valence electrons. The maximum atomic E-state index is 13.9.